The highest BCUT2D eigenvalue weighted by Crippen LogP contribution is 2.21. The molecule has 1 heterocycles. The summed E-state index contributed by atoms with van der Waals surface area (Å²) in [6.07, 6.45) is 1.64. The Balaban J connectivity index is 3.02. The Hall–Kier alpha value is -1.40. The molecular weight excluding hydrogens is 206 g/mol. The van der Waals surface area contributed by atoms with Crippen molar-refractivity contribution in [1.29, 1.82) is 5.26 Å². The van der Waals surface area contributed by atoms with Gasteiger partial charge >= 0.3 is 0 Å². The Kier molecular flexibility index (Phi) is 3.43. The zero-order valence-corrected chi connectivity index (χ0v) is 9.89. The predicted octanol–water partition coefficient (Wildman–Crippen LogP) is 3.27. The molecule has 1 aromatic heterocycles. The quantitative estimate of drug-likeness (QED) is 0.565. The van der Waals surface area contributed by atoms with Crippen molar-refractivity contribution in [2.24, 2.45) is 5.41 Å². The average Bonchev–Trinajstić information content (AvgIpc) is 2.64. The fourth-order valence-electron chi connectivity index (χ4n) is 1.08. The lowest BCUT2D eigenvalue weighted by molar-refractivity contribution is -0.121. The largest absolute Gasteiger partial charge is 0.293 e. The lowest BCUT2D eigenvalue weighted by Gasteiger charge is -2.15. The maximum Gasteiger partial charge on any atom is 0.178 e. The third-order valence-corrected chi connectivity index (χ3v) is 2.60. The second-order valence-corrected chi connectivity index (χ2v) is 5.09. The van der Waals surface area contributed by atoms with Crippen LogP contribution >= 0.6 is 11.3 Å². The minimum atomic E-state index is -0.502. The molecule has 2 nitrogen and oxygen atoms in total. The van der Waals surface area contributed by atoms with Gasteiger partial charge in [-0.3, -0.25) is 4.79 Å². The van der Waals surface area contributed by atoms with E-state index in [0.29, 0.717) is 0 Å². The lowest BCUT2D eigenvalue weighted by atomic mass is 9.86. The van der Waals surface area contributed by atoms with Gasteiger partial charge in [0, 0.05) is 5.41 Å². The minimum absolute atomic E-state index is 0.115. The van der Waals surface area contributed by atoms with Crippen LogP contribution in [0.2, 0.25) is 0 Å². The van der Waals surface area contributed by atoms with Crippen molar-refractivity contribution in [1.82, 2.24) is 0 Å². The predicted molar refractivity (Wildman–Crippen MR) is 62.4 cm³/mol. The van der Waals surface area contributed by atoms with Crippen molar-refractivity contribution >= 4 is 23.2 Å². The van der Waals surface area contributed by atoms with Gasteiger partial charge in [0.1, 0.15) is 6.07 Å². The van der Waals surface area contributed by atoms with E-state index in [1.54, 1.807) is 17.4 Å². The molecular formula is C12H13NOS. The van der Waals surface area contributed by atoms with Crippen LogP contribution in [0.1, 0.15) is 26.3 Å². The molecule has 0 saturated carbocycles. The molecule has 0 aromatic carbocycles. The van der Waals surface area contributed by atoms with Gasteiger partial charge in [0.2, 0.25) is 0 Å². The zero-order valence-electron chi connectivity index (χ0n) is 9.07. The number of nitriles is 1. The summed E-state index contributed by atoms with van der Waals surface area (Å²) in [7, 11) is 0. The topological polar surface area (TPSA) is 40.9 Å². The number of nitrogens with zero attached hydrogens (tertiary/aromatic N) is 1. The molecule has 0 radical (unpaired) electrons. The first-order valence-electron chi connectivity index (χ1n) is 4.64. The third kappa shape index (κ3) is 3.03. The number of thiophene rings is 1. The van der Waals surface area contributed by atoms with E-state index < -0.39 is 5.41 Å². The van der Waals surface area contributed by atoms with Crippen LogP contribution in [-0.2, 0) is 4.79 Å². The molecule has 0 amide bonds. The van der Waals surface area contributed by atoms with Gasteiger partial charge in [-0.05, 0) is 28.5 Å². The van der Waals surface area contributed by atoms with Crippen LogP contribution in [0, 0.1) is 16.7 Å². The Morgan fingerprint density at radius 2 is 2.20 bits per heavy atom. The summed E-state index contributed by atoms with van der Waals surface area (Å²) in [5.74, 6) is -0.115. The SMILES string of the molecule is CC(C)(C)C(=O)/C(C#N)=C/c1ccsc1. The average molecular weight is 219 g/mol. The highest BCUT2D eigenvalue weighted by atomic mass is 32.1. The highest BCUT2D eigenvalue weighted by Gasteiger charge is 2.24. The van der Waals surface area contributed by atoms with E-state index in [1.807, 2.05) is 43.7 Å². The van der Waals surface area contributed by atoms with Gasteiger partial charge in [0.05, 0.1) is 5.57 Å². The summed E-state index contributed by atoms with van der Waals surface area (Å²) in [6, 6.07) is 3.85. The van der Waals surface area contributed by atoms with Gasteiger partial charge in [0.25, 0.3) is 0 Å². The number of hydrogen-bond acceptors (Lipinski definition) is 3. The van der Waals surface area contributed by atoms with E-state index in [0.717, 1.165) is 5.56 Å². The maximum absolute atomic E-state index is 11.8. The number of allylic oxidation sites excluding steroid dienone is 1. The molecule has 0 aliphatic rings. The van der Waals surface area contributed by atoms with Crippen LogP contribution in [0.15, 0.2) is 22.4 Å². The zero-order chi connectivity index (χ0) is 11.5. The Bertz CT molecular complexity index is 415. The molecule has 78 valence electrons. The standard InChI is InChI=1S/C12H13NOS/c1-12(2,3)11(14)10(7-13)6-9-4-5-15-8-9/h4-6,8H,1-3H3/b10-6+. The number of carbonyl (C=O) groups excluding carboxylic acids is 1. The Morgan fingerprint density at radius 3 is 2.60 bits per heavy atom. The van der Waals surface area contributed by atoms with Crippen molar-refractivity contribution in [2.45, 2.75) is 20.8 Å². The van der Waals surface area contributed by atoms with Crippen LogP contribution in [0.25, 0.3) is 6.08 Å². The highest BCUT2D eigenvalue weighted by molar-refractivity contribution is 7.08. The molecule has 0 bridgehead atoms. The normalized spacial score (nSPS) is 12.3. The minimum Gasteiger partial charge on any atom is -0.293 e. The van der Waals surface area contributed by atoms with Crippen LogP contribution < -0.4 is 0 Å². The molecule has 0 saturated heterocycles. The summed E-state index contributed by atoms with van der Waals surface area (Å²) < 4.78 is 0. The van der Waals surface area contributed by atoms with Gasteiger partial charge in [-0.15, -0.1) is 0 Å². The van der Waals surface area contributed by atoms with E-state index in [1.165, 1.54) is 0 Å². The van der Waals surface area contributed by atoms with Gasteiger partial charge < -0.3 is 0 Å². The van der Waals surface area contributed by atoms with Crippen LogP contribution in [-0.4, -0.2) is 5.78 Å². The Morgan fingerprint density at radius 1 is 1.53 bits per heavy atom. The summed E-state index contributed by atoms with van der Waals surface area (Å²) in [6.45, 7) is 5.44. The first kappa shape index (κ1) is 11.7. The molecule has 0 fully saturated rings. The van der Waals surface area contributed by atoms with Gasteiger partial charge in [-0.2, -0.15) is 16.6 Å². The third-order valence-electron chi connectivity index (χ3n) is 1.90. The molecule has 0 unspecified atom stereocenters. The van der Waals surface area contributed by atoms with Crippen molar-refractivity contribution in [3.63, 3.8) is 0 Å². The number of ketones is 1. The molecule has 3 heteroatoms. The van der Waals surface area contributed by atoms with Crippen LogP contribution in [0.5, 0.6) is 0 Å². The molecule has 0 N–H and O–H groups in total. The number of carbonyl (C=O) groups is 1. The number of hydrogen-bond donors (Lipinski definition) is 0. The van der Waals surface area contributed by atoms with Crippen molar-refractivity contribution in [2.75, 3.05) is 0 Å². The van der Waals surface area contributed by atoms with Gasteiger partial charge in [0.15, 0.2) is 5.78 Å². The first-order chi connectivity index (χ1) is 6.95. The second kappa shape index (κ2) is 4.41. The van der Waals surface area contributed by atoms with Gasteiger partial charge in [-0.25, -0.2) is 0 Å². The molecule has 0 aliphatic carbocycles. The molecule has 0 atom stereocenters. The fraction of sp³-hybridized carbons (Fsp3) is 0.333. The number of Topliss-reactive ketones (excluding diaryl/α,β-unsaturated/α-hetero) is 1. The van der Waals surface area contributed by atoms with E-state index in [4.69, 9.17) is 5.26 Å². The molecule has 1 rings (SSSR count). The fourth-order valence-corrected chi connectivity index (χ4v) is 1.69. The van der Waals surface area contributed by atoms with Crippen molar-refractivity contribution in [3.05, 3.63) is 28.0 Å². The second-order valence-electron chi connectivity index (χ2n) is 4.31. The summed E-state index contributed by atoms with van der Waals surface area (Å²) in [5, 5.41) is 12.8. The monoisotopic (exact) mass is 219 g/mol. The van der Waals surface area contributed by atoms with Gasteiger partial charge in [-0.1, -0.05) is 20.8 Å². The summed E-state index contributed by atoms with van der Waals surface area (Å²) in [4.78, 5) is 11.8. The van der Waals surface area contributed by atoms with Crippen molar-refractivity contribution in [3.8, 4) is 6.07 Å². The summed E-state index contributed by atoms with van der Waals surface area (Å²) >= 11 is 1.55. The van der Waals surface area contributed by atoms with E-state index >= 15 is 0 Å². The van der Waals surface area contributed by atoms with Crippen LogP contribution in [0.4, 0.5) is 0 Å². The van der Waals surface area contributed by atoms with E-state index in [9.17, 15) is 4.79 Å². The molecule has 0 aliphatic heterocycles. The molecule has 15 heavy (non-hydrogen) atoms. The summed E-state index contributed by atoms with van der Waals surface area (Å²) in [5.41, 5.74) is 0.632. The smallest absolute Gasteiger partial charge is 0.178 e. The Labute approximate surface area is 93.9 Å². The maximum atomic E-state index is 11.8. The molecule has 1 aromatic rings. The number of rotatable bonds is 2. The van der Waals surface area contributed by atoms with E-state index in [2.05, 4.69) is 0 Å². The lowest BCUT2D eigenvalue weighted by Crippen LogP contribution is -2.21. The van der Waals surface area contributed by atoms with Crippen molar-refractivity contribution < 1.29 is 4.79 Å². The first-order valence-corrected chi connectivity index (χ1v) is 5.58. The van der Waals surface area contributed by atoms with E-state index in [-0.39, 0.29) is 11.4 Å². The van der Waals surface area contributed by atoms with Crippen LogP contribution in [0.3, 0.4) is 0 Å². The molecule has 0 spiro atoms.